The summed E-state index contributed by atoms with van der Waals surface area (Å²) < 4.78 is 4.78. The highest BCUT2D eigenvalue weighted by atomic mass is 35.5. The molecular weight excluding hydrogens is 242 g/mol. The summed E-state index contributed by atoms with van der Waals surface area (Å²) in [6.07, 6.45) is 1.47. The Balaban J connectivity index is 0.00000121. The smallest absolute Gasteiger partial charge is 0.335 e. The molecule has 0 atom stereocenters. The Morgan fingerprint density at radius 1 is 1.24 bits per heavy atom. The van der Waals surface area contributed by atoms with Gasteiger partial charge in [0.15, 0.2) is 0 Å². The van der Waals surface area contributed by atoms with Crippen molar-refractivity contribution < 1.29 is 14.6 Å². The Morgan fingerprint density at radius 2 is 1.71 bits per heavy atom. The second-order valence-corrected chi connectivity index (χ2v) is 3.32. The molecule has 0 aliphatic rings. The molecule has 0 amide bonds. The highest BCUT2D eigenvalue weighted by Crippen LogP contribution is 2.16. The molecule has 0 saturated carbocycles. The van der Waals surface area contributed by atoms with Gasteiger partial charge in [-0.25, -0.2) is 4.79 Å². The molecule has 0 aliphatic heterocycles. The fourth-order valence-electron chi connectivity index (χ4n) is 1.44. The normalized spacial score (nSPS) is 9.00. The summed E-state index contributed by atoms with van der Waals surface area (Å²) in [4.78, 5) is 10.9. The molecule has 1 aromatic carbocycles. The molecule has 5 heteroatoms. The van der Waals surface area contributed by atoms with Gasteiger partial charge in [0.25, 0.3) is 0 Å². The first kappa shape index (κ1) is 15.4. The summed E-state index contributed by atoms with van der Waals surface area (Å²) in [7, 11) is 1.39. The third-order valence-corrected chi connectivity index (χ3v) is 2.25. The molecular formula is C12H16ClNO3. The molecule has 0 spiro atoms. The first-order valence-corrected chi connectivity index (χ1v) is 5.58. The van der Waals surface area contributed by atoms with E-state index < -0.39 is 5.97 Å². The number of halogens is 1. The molecule has 0 unspecified atom stereocenters. The molecule has 2 N–H and O–H groups in total. The van der Waals surface area contributed by atoms with Crippen molar-refractivity contribution in [2.24, 2.45) is 0 Å². The zero-order valence-corrected chi connectivity index (χ0v) is 11.1. The number of methoxy groups -OCH3 is 1. The lowest BCUT2D eigenvalue weighted by Gasteiger charge is -2.09. The highest BCUT2D eigenvalue weighted by Gasteiger charge is 2.13. The van der Waals surface area contributed by atoms with Crippen LogP contribution in [0.3, 0.4) is 0 Å². The van der Waals surface area contributed by atoms with Crippen LogP contribution in [0.15, 0.2) is 12.1 Å². The van der Waals surface area contributed by atoms with Crippen LogP contribution in [0, 0.1) is 19.3 Å². The summed E-state index contributed by atoms with van der Waals surface area (Å²) in [5.41, 5.74) is 2.25. The van der Waals surface area contributed by atoms with Gasteiger partial charge in [0.05, 0.1) is 12.7 Å². The maximum Gasteiger partial charge on any atom is 0.335 e. The molecule has 0 fully saturated rings. The highest BCUT2D eigenvalue weighted by molar-refractivity contribution is 6.15. The maximum absolute atomic E-state index is 10.9. The third-order valence-electron chi connectivity index (χ3n) is 2.25. The molecule has 1 aromatic rings. The average molecular weight is 258 g/mol. The van der Waals surface area contributed by atoms with Crippen LogP contribution in [-0.4, -0.2) is 30.5 Å². The van der Waals surface area contributed by atoms with E-state index in [0.29, 0.717) is 11.1 Å². The van der Waals surface area contributed by atoms with E-state index in [2.05, 4.69) is 11.6 Å². The van der Waals surface area contributed by atoms with Gasteiger partial charge in [-0.3, -0.25) is 5.41 Å². The third kappa shape index (κ3) is 3.75. The SMILES string of the molecule is CCl.COC(=N)c1cc(C(=O)O)c(C)cc1C. The Bertz CT molecular complexity index is 430. The quantitative estimate of drug-likeness (QED) is 0.486. The molecule has 94 valence electrons. The van der Waals surface area contributed by atoms with Crippen LogP contribution < -0.4 is 0 Å². The molecule has 0 aliphatic carbocycles. The van der Waals surface area contributed by atoms with E-state index in [4.69, 9.17) is 15.3 Å². The first-order valence-electron chi connectivity index (χ1n) is 4.82. The number of rotatable bonds is 2. The number of ether oxygens (including phenoxy) is 1. The van der Waals surface area contributed by atoms with E-state index in [1.165, 1.54) is 19.6 Å². The second kappa shape index (κ2) is 6.91. The van der Waals surface area contributed by atoms with Crippen LogP contribution in [0.4, 0.5) is 0 Å². The predicted octanol–water partition coefficient (Wildman–Crippen LogP) is 2.83. The van der Waals surface area contributed by atoms with Crippen LogP contribution in [0.5, 0.6) is 0 Å². The minimum absolute atomic E-state index is 0.0185. The number of carboxylic acids is 1. The zero-order chi connectivity index (χ0) is 13.6. The predicted molar refractivity (Wildman–Crippen MR) is 68.5 cm³/mol. The van der Waals surface area contributed by atoms with E-state index >= 15 is 0 Å². The van der Waals surface area contributed by atoms with Gasteiger partial charge in [-0.2, -0.15) is 0 Å². The minimum atomic E-state index is -0.988. The van der Waals surface area contributed by atoms with Crippen molar-refractivity contribution in [3.63, 3.8) is 0 Å². The van der Waals surface area contributed by atoms with Gasteiger partial charge in [0.1, 0.15) is 0 Å². The van der Waals surface area contributed by atoms with Gasteiger partial charge in [-0.15, -0.1) is 11.6 Å². The van der Waals surface area contributed by atoms with Crippen molar-refractivity contribution >= 4 is 23.5 Å². The summed E-state index contributed by atoms with van der Waals surface area (Å²) in [5.74, 6) is -1.01. The maximum atomic E-state index is 10.9. The molecule has 0 aromatic heterocycles. The number of aromatic carboxylic acids is 1. The summed E-state index contributed by atoms with van der Waals surface area (Å²) in [5, 5.41) is 16.4. The standard InChI is InChI=1S/C11H13NO3.CH3Cl/c1-6-4-7(2)9(11(13)14)5-8(6)10(12)15-3;1-2/h4-5,12H,1-3H3,(H,13,14);1H3. The molecule has 0 heterocycles. The van der Waals surface area contributed by atoms with Crippen LogP contribution >= 0.6 is 11.6 Å². The average Bonchev–Trinajstić information content (AvgIpc) is 2.30. The molecule has 0 bridgehead atoms. The first-order chi connectivity index (χ1) is 7.97. The fraction of sp³-hybridized carbons (Fsp3) is 0.333. The van der Waals surface area contributed by atoms with Gasteiger partial charge in [0.2, 0.25) is 5.90 Å². The number of benzene rings is 1. The van der Waals surface area contributed by atoms with Crippen LogP contribution in [0.1, 0.15) is 27.0 Å². The van der Waals surface area contributed by atoms with Crippen molar-refractivity contribution in [1.29, 1.82) is 5.41 Å². The fourth-order valence-corrected chi connectivity index (χ4v) is 1.44. The Hall–Kier alpha value is -1.55. The number of carboxylic acid groups (broad SMARTS) is 1. The van der Waals surface area contributed by atoms with Crippen molar-refractivity contribution in [3.05, 3.63) is 34.4 Å². The number of nitrogens with one attached hydrogen (secondary N) is 1. The lowest BCUT2D eigenvalue weighted by Crippen LogP contribution is -2.08. The topological polar surface area (TPSA) is 70.4 Å². The molecule has 0 saturated heterocycles. The lowest BCUT2D eigenvalue weighted by molar-refractivity contribution is 0.0696. The van der Waals surface area contributed by atoms with E-state index in [1.54, 1.807) is 13.0 Å². The van der Waals surface area contributed by atoms with Crippen molar-refractivity contribution in [1.82, 2.24) is 0 Å². The molecule has 17 heavy (non-hydrogen) atoms. The lowest BCUT2D eigenvalue weighted by atomic mass is 10.00. The largest absolute Gasteiger partial charge is 0.481 e. The van der Waals surface area contributed by atoms with Crippen LogP contribution in [0.2, 0.25) is 0 Å². The van der Waals surface area contributed by atoms with Crippen LogP contribution in [0.25, 0.3) is 0 Å². The molecule has 4 nitrogen and oxygen atoms in total. The molecule has 1 rings (SSSR count). The van der Waals surface area contributed by atoms with Gasteiger partial charge in [-0.1, -0.05) is 6.07 Å². The number of aryl methyl sites for hydroxylation is 2. The Kier molecular flexibility index (Phi) is 6.28. The van der Waals surface area contributed by atoms with Crippen molar-refractivity contribution in [2.75, 3.05) is 13.5 Å². The van der Waals surface area contributed by atoms with Crippen LogP contribution in [-0.2, 0) is 4.74 Å². The van der Waals surface area contributed by atoms with E-state index in [0.717, 1.165) is 5.56 Å². The number of hydrogen-bond acceptors (Lipinski definition) is 3. The number of hydrogen-bond donors (Lipinski definition) is 2. The number of carbonyl (C=O) groups is 1. The summed E-state index contributed by atoms with van der Waals surface area (Å²) in [6.45, 7) is 3.55. The summed E-state index contributed by atoms with van der Waals surface area (Å²) in [6, 6.07) is 3.21. The zero-order valence-electron chi connectivity index (χ0n) is 10.3. The second-order valence-electron chi connectivity index (χ2n) is 3.32. The van der Waals surface area contributed by atoms with Gasteiger partial charge >= 0.3 is 5.97 Å². The number of alkyl halides is 1. The van der Waals surface area contributed by atoms with Gasteiger partial charge in [0, 0.05) is 11.9 Å². The Labute approximate surface area is 106 Å². The molecule has 0 radical (unpaired) electrons. The van der Waals surface area contributed by atoms with E-state index in [-0.39, 0.29) is 11.5 Å². The van der Waals surface area contributed by atoms with Crippen molar-refractivity contribution in [3.8, 4) is 0 Å². The monoisotopic (exact) mass is 257 g/mol. The van der Waals surface area contributed by atoms with Crippen molar-refractivity contribution in [2.45, 2.75) is 13.8 Å². The van der Waals surface area contributed by atoms with E-state index in [9.17, 15) is 4.79 Å². The van der Waals surface area contributed by atoms with Gasteiger partial charge < -0.3 is 9.84 Å². The Morgan fingerprint density at radius 3 is 2.12 bits per heavy atom. The van der Waals surface area contributed by atoms with E-state index in [1.807, 2.05) is 6.92 Å². The summed E-state index contributed by atoms with van der Waals surface area (Å²) >= 11 is 4.64. The minimum Gasteiger partial charge on any atom is -0.481 e. The van der Waals surface area contributed by atoms with Gasteiger partial charge in [-0.05, 0) is 31.0 Å².